The summed E-state index contributed by atoms with van der Waals surface area (Å²) in [5.74, 6) is -0.510. The highest BCUT2D eigenvalue weighted by Gasteiger charge is 2.13. The van der Waals surface area contributed by atoms with Crippen LogP contribution >= 0.6 is 0 Å². The molecule has 0 saturated carbocycles. The third-order valence-corrected chi connectivity index (χ3v) is 3.68. The molecule has 0 amide bonds. The van der Waals surface area contributed by atoms with Crippen LogP contribution in [-0.2, 0) is 11.3 Å². The molecule has 3 rings (SSSR count). The molecule has 2 aromatic carbocycles. The Morgan fingerprint density at radius 1 is 1.12 bits per heavy atom. The van der Waals surface area contributed by atoms with Gasteiger partial charge in [-0.1, -0.05) is 0 Å². The second-order valence-electron chi connectivity index (χ2n) is 5.30. The summed E-state index contributed by atoms with van der Waals surface area (Å²) in [6.07, 6.45) is 0. The van der Waals surface area contributed by atoms with Gasteiger partial charge < -0.3 is 19.4 Å². The molecule has 0 aliphatic heterocycles. The number of ether oxygens (including phenoxy) is 1. The number of phenolic OH excluding ortho intramolecular Hbond substituents is 2. The first-order valence-electron chi connectivity index (χ1n) is 7.17. The lowest BCUT2D eigenvalue weighted by Gasteiger charge is -2.09. The second kappa shape index (κ2) is 6.08. The third-order valence-electron chi connectivity index (χ3n) is 3.68. The SMILES string of the molecule is Cc1c(O)ccc2c(COC(=O)c3ccc(O)cc3)cc(=O)oc12. The highest BCUT2D eigenvalue weighted by atomic mass is 16.5. The fourth-order valence-electron chi connectivity index (χ4n) is 2.36. The largest absolute Gasteiger partial charge is 0.508 e. The normalized spacial score (nSPS) is 10.7. The molecule has 0 aliphatic carbocycles. The van der Waals surface area contributed by atoms with Gasteiger partial charge >= 0.3 is 11.6 Å². The number of rotatable bonds is 3. The molecule has 24 heavy (non-hydrogen) atoms. The van der Waals surface area contributed by atoms with Crippen LogP contribution in [0.15, 0.2) is 51.7 Å². The van der Waals surface area contributed by atoms with Crippen LogP contribution in [0.25, 0.3) is 11.0 Å². The summed E-state index contributed by atoms with van der Waals surface area (Å²) < 4.78 is 10.4. The molecule has 0 fully saturated rings. The van der Waals surface area contributed by atoms with Crippen LogP contribution in [0.2, 0.25) is 0 Å². The molecule has 122 valence electrons. The number of phenols is 2. The van der Waals surface area contributed by atoms with Crippen LogP contribution in [0.5, 0.6) is 11.5 Å². The molecule has 2 N–H and O–H groups in total. The molecule has 6 nitrogen and oxygen atoms in total. The van der Waals surface area contributed by atoms with Crippen LogP contribution in [0.1, 0.15) is 21.5 Å². The molecular weight excluding hydrogens is 312 g/mol. The maximum atomic E-state index is 12.0. The van der Waals surface area contributed by atoms with E-state index in [1.165, 1.54) is 36.4 Å². The van der Waals surface area contributed by atoms with E-state index >= 15 is 0 Å². The van der Waals surface area contributed by atoms with Crippen LogP contribution in [0.3, 0.4) is 0 Å². The predicted octanol–water partition coefficient (Wildman–Crippen LogP) is 2.87. The van der Waals surface area contributed by atoms with Gasteiger partial charge in [0.2, 0.25) is 0 Å². The number of hydrogen-bond donors (Lipinski definition) is 2. The van der Waals surface area contributed by atoms with Crippen molar-refractivity contribution in [2.24, 2.45) is 0 Å². The molecule has 0 spiro atoms. The van der Waals surface area contributed by atoms with Crippen LogP contribution in [0, 0.1) is 6.92 Å². The number of carbonyl (C=O) groups is 1. The van der Waals surface area contributed by atoms with E-state index in [0.717, 1.165) is 0 Å². The fraction of sp³-hybridized carbons (Fsp3) is 0.111. The van der Waals surface area contributed by atoms with E-state index in [1.54, 1.807) is 13.0 Å². The summed E-state index contributed by atoms with van der Waals surface area (Å²) in [7, 11) is 0. The maximum absolute atomic E-state index is 12.0. The summed E-state index contributed by atoms with van der Waals surface area (Å²) in [6, 6.07) is 10.00. The van der Waals surface area contributed by atoms with E-state index in [1.807, 2.05) is 0 Å². The first kappa shape index (κ1) is 15.6. The van der Waals surface area contributed by atoms with Crippen LogP contribution in [0.4, 0.5) is 0 Å². The van der Waals surface area contributed by atoms with Gasteiger partial charge in [-0.25, -0.2) is 9.59 Å². The summed E-state index contributed by atoms with van der Waals surface area (Å²) in [5, 5.41) is 19.5. The third kappa shape index (κ3) is 2.94. The van der Waals surface area contributed by atoms with E-state index in [2.05, 4.69) is 0 Å². The van der Waals surface area contributed by atoms with E-state index in [-0.39, 0.29) is 29.3 Å². The Balaban J connectivity index is 1.90. The molecule has 1 heterocycles. The van der Waals surface area contributed by atoms with Crippen molar-refractivity contribution in [3.05, 3.63) is 69.6 Å². The summed E-state index contributed by atoms with van der Waals surface area (Å²) >= 11 is 0. The van der Waals surface area contributed by atoms with Crippen molar-refractivity contribution in [1.29, 1.82) is 0 Å². The minimum Gasteiger partial charge on any atom is -0.508 e. The zero-order valence-electron chi connectivity index (χ0n) is 12.8. The van der Waals surface area contributed by atoms with Gasteiger partial charge in [-0.2, -0.15) is 0 Å². The number of esters is 1. The van der Waals surface area contributed by atoms with Gasteiger partial charge in [-0.05, 0) is 43.3 Å². The lowest BCUT2D eigenvalue weighted by molar-refractivity contribution is 0.0474. The highest BCUT2D eigenvalue weighted by Crippen LogP contribution is 2.27. The molecular formula is C18H14O6. The summed E-state index contributed by atoms with van der Waals surface area (Å²) in [6.45, 7) is 1.51. The first-order valence-corrected chi connectivity index (χ1v) is 7.17. The monoisotopic (exact) mass is 326 g/mol. The van der Waals surface area contributed by atoms with Gasteiger partial charge in [0.15, 0.2) is 0 Å². The lowest BCUT2D eigenvalue weighted by atomic mass is 10.1. The smallest absolute Gasteiger partial charge is 0.338 e. The van der Waals surface area contributed by atoms with Crippen molar-refractivity contribution in [3.63, 3.8) is 0 Å². The molecule has 0 saturated heterocycles. The van der Waals surface area contributed by atoms with Crippen molar-refractivity contribution < 1.29 is 24.2 Å². The number of fused-ring (bicyclic) bond motifs is 1. The maximum Gasteiger partial charge on any atom is 0.338 e. The van der Waals surface area contributed by atoms with E-state index in [4.69, 9.17) is 9.15 Å². The number of hydrogen-bond acceptors (Lipinski definition) is 6. The molecule has 6 heteroatoms. The van der Waals surface area contributed by atoms with Gasteiger partial charge in [0.25, 0.3) is 0 Å². The van der Waals surface area contributed by atoms with Gasteiger partial charge in [0.05, 0.1) is 5.56 Å². The summed E-state index contributed by atoms with van der Waals surface area (Å²) in [4.78, 5) is 23.7. The molecule has 0 aliphatic rings. The standard InChI is InChI=1S/C18H14O6/c1-10-15(20)7-6-14-12(8-16(21)24-17(10)14)9-23-18(22)11-2-4-13(19)5-3-11/h2-8,19-20H,9H2,1H3. The molecule has 0 bridgehead atoms. The van der Waals surface area contributed by atoms with Crippen molar-refractivity contribution in [1.82, 2.24) is 0 Å². The Morgan fingerprint density at radius 3 is 2.54 bits per heavy atom. The average Bonchev–Trinajstić information content (AvgIpc) is 2.56. The van der Waals surface area contributed by atoms with Crippen LogP contribution in [-0.4, -0.2) is 16.2 Å². The number of benzene rings is 2. The van der Waals surface area contributed by atoms with Crippen molar-refractivity contribution in [2.75, 3.05) is 0 Å². The summed E-state index contributed by atoms with van der Waals surface area (Å²) in [5.41, 5.74) is 0.881. The molecule has 0 atom stereocenters. The van der Waals surface area contributed by atoms with Crippen molar-refractivity contribution >= 4 is 16.9 Å². The topological polar surface area (TPSA) is 97.0 Å². The van der Waals surface area contributed by atoms with Gasteiger partial charge in [0.1, 0.15) is 23.7 Å². The second-order valence-corrected chi connectivity index (χ2v) is 5.30. The first-order chi connectivity index (χ1) is 11.5. The minimum absolute atomic E-state index is 0.0175. The quantitative estimate of drug-likeness (QED) is 0.567. The van der Waals surface area contributed by atoms with Crippen molar-refractivity contribution in [2.45, 2.75) is 13.5 Å². The predicted molar refractivity (Wildman–Crippen MR) is 86.1 cm³/mol. The zero-order valence-corrected chi connectivity index (χ0v) is 12.8. The minimum atomic E-state index is -0.591. The molecule has 0 radical (unpaired) electrons. The number of aryl methyl sites for hydroxylation is 1. The Labute approximate surface area is 136 Å². The zero-order chi connectivity index (χ0) is 17.3. The lowest BCUT2D eigenvalue weighted by Crippen LogP contribution is -2.08. The van der Waals surface area contributed by atoms with Gasteiger partial charge in [-0.15, -0.1) is 0 Å². The Hall–Kier alpha value is -3.28. The average molecular weight is 326 g/mol. The van der Waals surface area contributed by atoms with Gasteiger partial charge in [0, 0.05) is 22.6 Å². The van der Waals surface area contributed by atoms with E-state index in [9.17, 15) is 19.8 Å². The van der Waals surface area contributed by atoms with Gasteiger partial charge in [-0.3, -0.25) is 0 Å². The molecule has 3 aromatic rings. The van der Waals surface area contributed by atoms with E-state index < -0.39 is 11.6 Å². The fourth-order valence-corrected chi connectivity index (χ4v) is 2.36. The Morgan fingerprint density at radius 2 is 1.83 bits per heavy atom. The molecule has 1 aromatic heterocycles. The van der Waals surface area contributed by atoms with Crippen molar-refractivity contribution in [3.8, 4) is 11.5 Å². The Kier molecular flexibility index (Phi) is 3.95. The number of aromatic hydroxyl groups is 2. The van der Waals surface area contributed by atoms with Crippen LogP contribution < -0.4 is 5.63 Å². The number of carbonyl (C=O) groups excluding carboxylic acids is 1. The Bertz CT molecular complexity index is 969. The molecule has 0 unspecified atom stereocenters. The van der Waals surface area contributed by atoms with E-state index in [0.29, 0.717) is 16.5 Å². The highest BCUT2D eigenvalue weighted by molar-refractivity contribution is 5.90.